The number of hydrogen-bond acceptors (Lipinski definition) is 3. The Labute approximate surface area is 96.7 Å². The molecule has 3 nitrogen and oxygen atoms in total. The topological polar surface area (TPSA) is 55.5 Å². The summed E-state index contributed by atoms with van der Waals surface area (Å²) in [6.07, 6.45) is 0.778. The van der Waals surface area contributed by atoms with Crippen molar-refractivity contribution in [1.29, 1.82) is 0 Å². The van der Waals surface area contributed by atoms with Gasteiger partial charge >= 0.3 is 0 Å². The standard InChI is InChI=1S/C11H17NO2.ClH/c1-2-14-8-10(12)7-9-3-5-11(13)6-4-9;/h3-6,10,13H,2,7-8,12H2,1H3;1H. The lowest BCUT2D eigenvalue weighted by Gasteiger charge is -2.11. The van der Waals surface area contributed by atoms with Crippen molar-refractivity contribution in [2.24, 2.45) is 5.73 Å². The van der Waals surface area contributed by atoms with E-state index in [1.165, 1.54) is 0 Å². The summed E-state index contributed by atoms with van der Waals surface area (Å²) in [6.45, 7) is 3.23. The lowest BCUT2D eigenvalue weighted by molar-refractivity contribution is 0.133. The maximum atomic E-state index is 9.08. The van der Waals surface area contributed by atoms with Crippen molar-refractivity contribution in [3.63, 3.8) is 0 Å². The molecule has 0 fully saturated rings. The fourth-order valence-electron chi connectivity index (χ4n) is 1.26. The van der Waals surface area contributed by atoms with Gasteiger partial charge in [-0.1, -0.05) is 12.1 Å². The predicted octanol–water partition coefficient (Wildman–Crippen LogP) is 1.72. The number of rotatable bonds is 5. The summed E-state index contributed by atoms with van der Waals surface area (Å²) < 4.78 is 5.22. The number of phenols is 1. The Hall–Kier alpha value is -0.770. The minimum atomic E-state index is 0. The van der Waals surface area contributed by atoms with E-state index in [4.69, 9.17) is 15.6 Å². The van der Waals surface area contributed by atoms with E-state index in [-0.39, 0.29) is 24.2 Å². The molecule has 1 unspecified atom stereocenters. The third-order valence-corrected chi connectivity index (χ3v) is 1.97. The Morgan fingerprint density at radius 2 is 1.93 bits per heavy atom. The van der Waals surface area contributed by atoms with Crippen molar-refractivity contribution in [3.8, 4) is 5.75 Å². The Morgan fingerprint density at radius 3 is 2.47 bits per heavy atom. The summed E-state index contributed by atoms with van der Waals surface area (Å²) in [5.74, 6) is 0.284. The molecule has 0 aliphatic carbocycles. The molecule has 86 valence electrons. The van der Waals surface area contributed by atoms with Crippen molar-refractivity contribution in [2.45, 2.75) is 19.4 Å². The van der Waals surface area contributed by atoms with Gasteiger partial charge in [0.05, 0.1) is 6.61 Å². The van der Waals surface area contributed by atoms with Gasteiger partial charge < -0.3 is 15.6 Å². The van der Waals surface area contributed by atoms with E-state index in [1.807, 2.05) is 19.1 Å². The molecule has 0 amide bonds. The van der Waals surface area contributed by atoms with Gasteiger partial charge in [-0.15, -0.1) is 12.4 Å². The van der Waals surface area contributed by atoms with Crippen LogP contribution in [-0.2, 0) is 11.2 Å². The Morgan fingerprint density at radius 1 is 1.33 bits per heavy atom. The molecule has 15 heavy (non-hydrogen) atoms. The van der Waals surface area contributed by atoms with Crippen LogP contribution in [0.4, 0.5) is 0 Å². The van der Waals surface area contributed by atoms with Gasteiger partial charge in [0.15, 0.2) is 0 Å². The van der Waals surface area contributed by atoms with Gasteiger partial charge in [-0.05, 0) is 31.0 Å². The Kier molecular flexibility index (Phi) is 7.13. The van der Waals surface area contributed by atoms with Crippen LogP contribution in [0.15, 0.2) is 24.3 Å². The van der Waals surface area contributed by atoms with Gasteiger partial charge in [0.25, 0.3) is 0 Å². The van der Waals surface area contributed by atoms with Crippen molar-refractivity contribution in [3.05, 3.63) is 29.8 Å². The number of aromatic hydroxyl groups is 1. The van der Waals surface area contributed by atoms with E-state index < -0.39 is 0 Å². The normalized spacial score (nSPS) is 11.9. The summed E-state index contributed by atoms with van der Waals surface area (Å²) >= 11 is 0. The van der Waals surface area contributed by atoms with E-state index in [0.29, 0.717) is 13.2 Å². The zero-order chi connectivity index (χ0) is 10.4. The largest absolute Gasteiger partial charge is 0.508 e. The van der Waals surface area contributed by atoms with Crippen LogP contribution in [0.3, 0.4) is 0 Å². The summed E-state index contributed by atoms with van der Waals surface area (Å²) in [5, 5.41) is 9.08. The average molecular weight is 232 g/mol. The summed E-state index contributed by atoms with van der Waals surface area (Å²) in [7, 11) is 0. The Balaban J connectivity index is 0.00000196. The van der Waals surface area contributed by atoms with Crippen LogP contribution >= 0.6 is 12.4 Å². The number of hydrogen-bond donors (Lipinski definition) is 2. The molecule has 0 aromatic heterocycles. The smallest absolute Gasteiger partial charge is 0.115 e. The van der Waals surface area contributed by atoms with Gasteiger partial charge in [-0.3, -0.25) is 0 Å². The van der Waals surface area contributed by atoms with Gasteiger partial charge in [-0.2, -0.15) is 0 Å². The molecule has 3 N–H and O–H groups in total. The third kappa shape index (κ3) is 5.62. The van der Waals surface area contributed by atoms with Gasteiger partial charge in [0, 0.05) is 12.6 Å². The lowest BCUT2D eigenvalue weighted by Crippen LogP contribution is -2.28. The van der Waals surface area contributed by atoms with Crippen molar-refractivity contribution < 1.29 is 9.84 Å². The van der Waals surface area contributed by atoms with E-state index in [1.54, 1.807) is 12.1 Å². The monoisotopic (exact) mass is 231 g/mol. The minimum absolute atomic E-state index is 0. The number of phenolic OH excluding ortho intramolecular Hbond substituents is 1. The first-order valence-corrected chi connectivity index (χ1v) is 4.83. The fraction of sp³-hybridized carbons (Fsp3) is 0.455. The van der Waals surface area contributed by atoms with E-state index in [0.717, 1.165) is 12.0 Å². The van der Waals surface area contributed by atoms with Gasteiger partial charge in [0.1, 0.15) is 5.75 Å². The molecule has 0 bridgehead atoms. The molecule has 0 aliphatic heterocycles. The SMILES string of the molecule is CCOCC(N)Cc1ccc(O)cc1.Cl. The maximum Gasteiger partial charge on any atom is 0.115 e. The highest BCUT2D eigenvalue weighted by Gasteiger charge is 2.03. The van der Waals surface area contributed by atoms with Gasteiger partial charge in [0.2, 0.25) is 0 Å². The lowest BCUT2D eigenvalue weighted by atomic mass is 10.1. The minimum Gasteiger partial charge on any atom is -0.508 e. The molecule has 1 rings (SSSR count). The molecule has 0 aliphatic rings. The number of benzene rings is 1. The first-order chi connectivity index (χ1) is 6.72. The van der Waals surface area contributed by atoms with Crippen molar-refractivity contribution in [2.75, 3.05) is 13.2 Å². The molecule has 0 saturated heterocycles. The van der Waals surface area contributed by atoms with Crippen LogP contribution in [0.5, 0.6) is 5.75 Å². The second-order valence-corrected chi connectivity index (χ2v) is 3.29. The van der Waals surface area contributed by atoms with E-state index in [9.17, 15) is 0 Å². The summed E-state index contributed by atoms with van der Waals surface area (Å²) in [6, 6.07) is 7.12. The average Bonchev–Trinajstić information content (AvgIpc) is 2.18. The van der Waals surface area contributed by atoms with Crippen LogP contribution in [0.1, 0.15) is 12.5 Å². The zero-order valence-electron chi connectivity index (χ0n) is 8.85. The zero-order valence-corrected chi connectivity index (χ0v) is 9.67. The number of ether oxygens (including phenoxy) is 1. The number of nitrogens with two attached hydrogens (primary N) is 1. The molecule has 1 aromatic carbocycles. The first-order valence-electron chi connectivity index (χ1n) is 4.83. The molecule has 0 radical (unpaired) electrons. The van der Waals surface area contributed by atoms with Crippen LogP contribution in [0, 0.1) is 0 Å². The molecule has 1 aromatic rings. The maximum absolute atomic E-state index is 9.08. The van der Waals surface area contributed by atoms with Crippen LogP contribution in [0.2, 0.25) is 0 Å². The Bertz CT molecular complexity index is 264. The summed E-state index contributed by atoms with van der Waals surface area (Å²) in [4.78, 5) is 0. The highest BCUT2D eigenvalue weighted by molar-refractivity contribution is 5.85. The second kappa shape index (κ2) is 7.51. The molecule has 0 saturated carbocycles. The van der Waals surface area contributed by atoms with Crippen LogP contribution in [-0.4, -0.2) is 24.4 Å². The first kappa shape index (κ1) is 14.2. The molecule has 0 heterocycles. The molecule has 0 spiro atoms. The van der Waals surface area contributed by atoms with E-state index in [2.05, 4.69) is 0 Å². The van der Waals surface area contributed by atoms with Gasteiger partial charge in [-0.25, -0.2) is 0 Å². The third-order valence-electron chi connectivity index (χ3n) is 1.97. The number of halogens is 1. The fourth-order valence-corrected chi connectivity index (χ4v) is 1.26. The molecule has 1 atom stereocenters. The highest BCUT2D eigenvalue weighted by Crippen LogP contribution is 2.10. The molecule has 4 heteroatoms. The van der Waals surface area contributed by atoms with Crippen molar-refractivity contribution in [1.82, 2.24) is 0 Å². The highest BCUT2D eigenvalue weighted by atomic mass is 35.5. The quantitative estimate of drug-likeness (QED) is 0.812. The van der Waals surface area contributed by atoms with Crippen molar-refractivity contribution >= 4 is 12.4 Å². The molecular formula is C11H18ClNO2. The predicted molar refractivity (Wildman–Crippen MR) is 63.5 cm³/mol. The molecular weight excluding hydrogens is 214 g/mol. The second-order valence-electron chi connectivity index (χ2n) is 3.29. The van der Waals surface area contributed by atoms with Crippen LogP contribution < -0.4 is 5.73 Å². The summed E-state index contributed by atoms with van der Waals surface area (Å²) in [5.41, 5.74) is 6.96. The van der Waals surface area contributed by atoms with Crippen LogP contribution in [0.25, 0.3) is 0 Å². The van der Waals surface area contributed by atoms with E-state index >= 15 is 0 Å².